The van der Waals surface area contributed by atoms with Gasteiger partial charge < -0.3 is 10.0 Å². The maximum atomic E-state index is 8.65. The van der Waals surface area contributed by atoms with Crippen molar-refractivity contribution in [3.63, 3.8) is 0 Å². The summed E-state index contributed by atoms with van der Waals surface area (Å²) in [6, 6.07) is 0.343. The smallest absolute Gasteiger partial charge is 0.0563 e. The van der Waals surface area contributed by atoms with E-state index in [1.54, 1.807) is 0 Å². The second-order valence-electron chi connectivity index (χ2n) is 2.29. The number of hydrogen-bond acceptors (Lipinski definition) is 2. The fourth-order valence-corrected chi connectivity index (χ4v) is 1.10. The minimum absolute atomic E-state index is 0. The molecule has 0 aromatic heterocycles. The van der Waals surface area contributed by atoms with Crippen LogP contribution in [0, 0.1) is 7.05 Å². The Morgan fingerprint density at radius 1 is 1.67 bits per heavy atom. The Morgan fingerprint density at radius 3 is 2.56 bits per heavy atom. The molecule has 3 heteroatoms. The van der Waals surface area contributed by atoms with Gasteiger partial charge in [0.2, 0.25) is 0 Å². The van der Waals surface area contributed by atoms with Crippen LogP contribution in [0.2, 0.25) is 0 Å². The van der Waals surface area contributed by atoms with Gasteiger partial charge in [-0.25, -0.2) is 0 Å². The standard InChI is InChI=1S/C6H12NO.Cr/c1-7-4-2-3-6(7)5-8;/h6,8H,1-5H2;/q-1;. The summed E-state index contributed by atoms with van der Waals surface area (Å²) in [4.78, 5) is 1.96. The summed E-state index contributed by atoms with van der Waals surface area (Å²) in [7, 11) is 3.76. The zero-order chi connectivity index (χ0) is 5.98. The van der Waals surface area contributed by atoms with Crippen molar-refractivity contribution in [3.8, 4) is 0 Å². The molecule has 1 atom stereocenters. The van der Waals surface area contributed by atoms with Gasteiger partial charge in [-0.3, -0.25) is 7.05 Å². The van der Waals surface area contributed by atoms with Crippen LogP contribution in [0.1, 0.15) is 12.8 Å². The summed E-state index contributed by atoms with van der Waals surface area (Å²) < 4.78 is 0. The molecule has 1 rings (SSSR count). The summed E-state index contributed by atoms with van der Waals surface area (Å²) in [6.07, 6.45) is 2.30. The Balaban J connectivity index is 0.000000640. The van der Waals surface area contributed by atoms with Crippen molar-refractivity contribution >= 4 is 0 Å². The second kappa shape index (κ2) is 4.30. The third-order valence-corrected chi connectivity index (χ3v) is 1.71. The number of aliphatic hydroxyl groups excluding tert-OH is 1. The molecule has 1 heterocycles. The van der Waals surface area contributed by atoms with Crippen molar-refractivity contribution in [3.05, 3.63) is 7.05 Å². The van der Waals surface area contributed by atoms with Gasteiger partial charge in [0.1, 0.15) is 0 Å². The van der Waals surface area contributed by atoms with Crippen LogP contribution in [0.15, 0.2) is 0 Å². The predicted octanol–water partition coefficient (Wildman–Crippen LogP) is 0.232. The van der Waals surface area contributed by atoms with E-state index in [0.29, 0.717) is 6.04 Å². The van der Waals surface area contributed by atoms with Crippen LogP contribution < -0.4 is 0 Å². The molecule has 1 saturated heterocycles. The molecule has 0 saturated carbocycles. The molecule has 9 heavy (non-hydrogen) atoms. The first-order valence-electron chi connectivity index (χ1n) is 3.02. The average Bonchev–Trinajstić information content (AvgIpc) is 2.14. The second-order valence-corrected chi connectivity index (χ2v) is 2.29. The van der Waals surface area contributed by atoms with E-state index in [1.165, 1.54) is 6.42 Å². The molecule has 1 unspecified atom stereocenters. The maximum Gasteiger partial charge on any atom is 0.0563 e. The number of likely N-dealkylation sites (tertiary alicyclic amines) is 1. The molecule has 1 fully saturated rings. The van der Waals surface area contributed by atoms with Crippen molar-refractivity contribution in [2.45, 2.75) is 18.9 Å². The molecule has 0 radical (unpaired) electrons. The van der Waals surface area contributed by atoms with Crippen LogP contribution in [0.4, 0.5) is 0 Å². The largest absolute Gasteiger partial charge is 0.455 e. The molecule has 0 bridgehead atoms. The SMILES string of the molecule is [CH2-]N1CCCC1CO.[Cr]. The first kappa shape index (κ1) is 9.45. The Kier molecular flexibility index (Phi) is 4.51. The van der Waals surface area contributed by atoms with E-state index in [-0.39, 0.29) is 24.0 Å². The van der Waals surface area contributed by atoms with Gasteiger partial charge in [-0.1, -0.05) is 0 Å². The quantitative estimate of drug-likeness (QED) is 0.564. The fraction of sp³-hybridized carbons (Fsp3) is 0.833. The predicted molar refractivity (Wildman–Crippen MR) is 32.2 cm³/mol. The first-order chi connectivity index (χ1) is 3.84. The van der Waals surface area contributed by atoms with Crippen molar-refractivity contribution in [1.82, 2.24) is 4.90 Å². The molecular weight excluding hydrogens is 154 g/mol. The zero-order valence-electron chi connectivity index (χ0n) is 5.42. The van der Waals surface area contributed by atoms with Gasteiger partial charge in [-0.15, -0.1) is 0 Å². The Morgan fingerprint density at radius 2 is 2.33 bits per heavy atom. The molecule has 0 aromatic rings. The van der Waals surface area contributed by atoms with Gasteiger partial charge in [-0.2, -0.15) is 0 Å². The van der Waals surface area contributed by atoms with Gasteiger partial charge in [0.15, 0.2) is 0 Å². The summed E-state index contributed by atoms with van der Waals surface area (Å²) >= 11 is 0. The van der Waals surface area contributed by atoms with E-state index in [9.17, 15) is 0 Å². The number of aliphatic hydroxyl groups is 1. The molecule has 0 amide bonds. The normalized spacial score (nSPS) is 28.0. The van der Waals surface area contributed by atoms with Crippen LogP contribution in [0.25, 0.3) is 0 Å². The summed E-state index contributed by atoms with van der Waals surface area (Å²) in [5.41, 5.74) is 0. The van der Waals surface area contributed by atoms with E-state index in [2.05, 4.69) is 7.05 Å². The maximum absolute atomic E-state index is 8.65. The molecule has 0 spiro atoms. The average molecular weight is 166 g/mol. The van der Waals surface area contributed by atoms with Gasteiger partial charge >= 0.3 is 0 Å². The third kappa shape index (κ3) is 2.27. The van der Waals surface area contributed by atoms with Crippen LogP contribution in [0.3, 0.4) is 0 Å². The van der Waals surface area contributed by atoms with Crippen LogP contribution in [-0.4, -0.2) is 29.2 Å². The molecule has 0 aliphatic carbocycles. The first-order valence-corrected chi connectivity index (χ1v) is 3.02. The van der Waals surface area contributed by atoms with Crippen LogP contribution in [0.5, 0.6) is 0 Å². The number of nitrogens with zero attached hydrogens (tertiary/aromatic N) is 1. The summed E-state index contributed by atoms with van der Waals surface area (Å²) in [5, 5.41) is 8.65. The molecule has 1 aliphatic heterocycles. The minimum atomic E-state index is 0. The number of hydrogen-bond donors (Lipinski definition) is 1. The molecule has 0 aromatic carbocycles. The third-order valence-electron chi connectivity index (χ3n) is 1.71. The van der Waals surface area contributed by atoms with Crippen LogP contribution in [-0.2, 0) is 17.4 Å². The van der Waals surface area contributed by atoms with Crippen molar-refractivity contribution < 1.29 is 22.5 Å². The molecule has 1 aliphatic rings. The zero-order valence-corrected chi connectivity index (χ0v) is 6.69. The van der Waals surface area contributed by atoms with E-state index in [0.717, 1.165) is 13.0 Å². The van der Waals surface area contributed by atoms with Gasteiger partial charge in [-0.05, 0) is 19.4 Å². The van der Waals surface area contributed by atoms with E-state index >= 15 is 0 Å². The van der Waals surface area contributed by atoms with Gasteiger partial charge in [0, 0.05) is 23.4 Å². The van der Waals surface area contributed by atoms with E-state index in [4.69, 9.17) is 5.11 Å². The Hall–Kier alpha value is 0.452. The van der Waals surface area contributed by atoms with E-state index in [1.807, 2.05) is 4.90 Å². The summed E-state index contributed by atoms with van der Waals surface area (Å²) in [5.74, 6) is 0. The monoisotopic (exact) mass is 166 g/mol. The minimum Gasteiger partial charge on any atom is -0.455 e. The van der Waals surface area contributed by atoms with E-state index < -0.39 is 0 Å². The van der Waals surface area contributed by atoms with Crippen LogP contribution >= 0.6 is 0 Å². The summed E-state index contributed by atoms with van der Waals surface area (Å²) in [6.45, 7) is 1.31. The van der Waals surface area contributed by atoms with Crippen molar-refractivity contribution in [2.24, 2.45) is 0 Å². The van der Waals surface area contributed by atoms with Crippen molar-refractivity contribution in [2.75, 3.05) is 13.2 Å². The molecule has 2 nitrogen and oxygen atoms in total. The molecular formula is C6H12CrNO-. The van der Waals surface area contributed by atoms with Crippen molar-refractivity contribution in [1.29, 1.82) is 0 Å². The number of rotatable bonds is 1. The molecule has 54 valence electrons. The van der Waals surface area contributed by atoms with Gasteiger partial charge in [0.25, 0.3) is 0 Å². The fourth-order valence-electron chi connectivity index (χ4n) is 1.10. The molecule has 1 N–H and O–H groups in total. The Labute approximate surface area is 67.0 Å². The van der Waals surface area contributed by atoms with Gasteiger partial charge in [0.05, 0.1) is 6.61 Å². The Bertz CT molecular complexity index is 79.5. The topological polar surface area (TPSA) is 23.5 Å².